The standard InChI is InChI=1S/C16H22N2/c1-3-15-7-5-6-8-16(15)12-17-11-14-9-10-18(4-2)13-14/h5-10,13,17H,3-4,11-12H2,1-2H3. The van der Waals surface area contributed by atoms with Crippen molar-refractivity contribution in [2.75, 3.05) is 0 Å². The fourth-order valence-electron chi connectivity index (χ4n) is 2.21. The largest absolute Gasteiger partial charge is 0.354 e. The Balaban J connectivity index is 1.88. The van der Waals surface area contributed by atoms with Crippen LogP contribution < -0.4 is 5.32 Å². The maximum atomic E-state index is 3.52. The molecule has 0 bridgehead atoms. The van der Waals surface area contributed by atoms with Crippen molar-refractivity contribution in [3.05, 3.63) is 59.4 Å². The zero-order chi connectivity index (χ0) is 12.8. The average Bonchev–Trinajstić information content (AvgIpc) is 2.87. The van der Waals surface area contributed by atoms with Gasteiger partial charge in [0.1, 0.15) is 0 Å². The molecule has 18 heavy (non-hydrogen) atoms. The Hall–Kier alpha value is -1.54. The second-order valence-electron chi connectivity index (χ2n) is 4.58. The van der Waals surface area contributed by atoms with Crippen molar-refractivity contribution >= 4 is 0 Å². The number of aryl methyl sites for hydroxylation is 2. The van der Waals surface area contributed by atoms with Crippen molar-refractivity contribution in [1.29, 1.82) is 0 Å². The molecule has 0 fully saturated rings. The highest BCUT2D eigenvalue weighted by Gasteiger charge is 2.00. The molecule has 0 amide bonds. The zero-order valence-corrected chi connectivity index (χ0v) is 11.3. The summed E-state index contributed by atoms with van der Waals surface area (Å²) in [7, 11) is 0. The van der Waals surface area contributed by atoms with Crippen LogP contribution in [0.15, 0.2) is 42.7 Å². The molecule has 0 saturated carbocycles. The van der Waals surface area contributed by atoms with Gasteiger partial charge in [-0.2, -0.15) is 0 Å². The fraction of sp³-hybridized carbons (Fsp3) is 0.375. The monoisotopic (exact) mass is 242 g/mol. The van der Waals surface area contributed by atoms with Crippen LogP contribution in [0.5, 0.6) is 0 Å². The zero-order valence-electron chi connectivity index (χ0n) is 11.3. The van der Waals surface area contributed by atoms with E-state index in [1.807, 2.05) is 0 Å². The van der Waals surface area contributed by atoms with E-state index in [4.69, 9.17) is 0 Å². The quantitative estimate of drug-likeness (QED) is 0.822. The summed E-state index contributed by atoms with van der Waals surface area (Å²) in [5, 5.41) is 3.52. The number of hydrogen-bond acceptors (Lipinski definition) is 1. The molecule has 2 aromatic rings. The van der Waals surface area contributed by atoms with Crippen LogP contribution in [0.4, 0.5) is 0 Å². The highest BCUT2D eigenvalue weighted by Crippen LogP contribution is 2.09. The smallest absolute Gasteiger partial charge is 0.0223 e. The minimum Gasteiger partial charge on any atom is -0.354 e. The molecule has 0 aliphatic heterocycles. The Morgan fingerprint density at radius 2 is 1.78 bits per heavy atom. The van der Waals surface area contributed by atoms with Crippen molar-refractivity contribution in [3.63, 3.8) is 0 Å². The molecule has 1 heterocycles. The Labute approximate surface area is 110 Å². The van der Waals surface area contributed by atoms with Gasteiger partial charge < -0.3 is 9.88 Å². The third-order valence-electron chi connectivity index (χ3n) is 3.32. The van der Waals surface area contributed by atoms with Crippen LogP contribution in [0.2, 0.25) is 0 Å². The first-order chi connectivity index (χ1) is 8.83. The van der Waals surface area contributed by atoms with Gasteiger partial charge >= 0.3 is 0 Å². The van der Waals surface area contributed by atoms with Gasteiger partial charge in [0.2, 0.25) is 0 Å². The van der Waals surface area contributed by atoms with Crippen LogP contribution in [0, 0.1) is 0 Å². The van der Waals surface area contributed by atoms with E-state index in [-0.39, 0.29) is 0 Å². The summed E-state index contributed by atoms with van der Waals surface area (Å²) in [5.41, 5.74) is 4.21. The molecule has 0 aliphatic carbocycles. The molecule has 2 nitrogen and oxygen atoms in total. The highest BCUT2D eigenvalue weighted by atomic mass is 14.9. The van der Waals surface area contributed by atoms with Gasteiger partial charge in [0.05, 0.1) is 0 Å². The lowest BCUT2D eigenvalue weighted by Gasteiger charge is -2.08. The Bertz CT molecular complexity index is 485. The lowest BCUT2D eigenvalue weighted by atomic mass is 10.1. The van der Waals surface area contributed by atoms with Gasteiger partial charge in [-0.15, -0.1) is 0 Å². The molecule has 0 radical (unpaired) electrons. The molecule has 0 aliphatic rings. The lowest BCUT2D eigenvalue weighted by Crippen LogP contribution is -2.13. The second kappa shape index (κ2) is 6.41. The maximum Gasteiger partial charge on any atom is 0.0223 e. The van der Waals surface area contributed by atoms with Crippen molar-refractivity contribution in [1.82, 2.24) is 9.88 Å². The lowest BCUT2D eigenvalue weighted by molar-refractivity contribution is 0.684. The first-order valence-electron chi connectivity index (χ1n) is 6.75. The summed E-state index contributed by atoms with van der Waals surface area (Å²) >= 11 is 0. The molecule has 0 spiro atoms. The Morgan fingerprint density at radius 3 is 2.44 bits per heavy atom. The molecular formula is C16H22N2. The van der Waals surface area contributed by atoms with Crippen molar-refractivity contribution < 1.29 is 0 Å². The minimum absolute atomic E-state index is 0.936. The van der Waals surface area contributed by atoms with Crippen molar-refractivity contribution in [2.24, 2.45) is 0 Å². The van der Waals surface area contributed by atoms with Gasteiger partial charge in [0, 0.05) is 32.0 Å². The second-order valence-corrected chi connectivity index (χ2v) is 4.58. The van der Waals surface area contributed by atoms with Crippen LogP contribution in [-0.4, -0.2) is 4.57 Å². The van der Waals surface area contributed by atoms with Crippen LogP contribution in [0.3, 0.4) is 0 Å². The third kappa shape index (κ3) is 3.23. The predicted molar refractivity (Wildman–Crippen MR) is 76.5 cm³/mol. The van der Waals surface area contributed by atoms with Crippen LogP contribution in [0.25, 0.3) is 0 Å². The molecule has 2 rings (SSSR count). The number of nitrogens with zero attached hydrogens (tertiary/aromatic N) is 1. The fourth-order valence-corrected chi connectivity index (χ4v) is 2.21. The van der Waals surface area contributed by atoms with E-state index in [0.717, 1.165) is 26.1 Å². The van der Waals surface area contributed by atoms with E-state index in [1.165, 1.54) is 16.7 Å². The van der Waals surface area contributed by atoms with E-state index in [1.54, 1.807) is 0 Å². The first kappa shape index (κ1) is 12.9. The Morgan fingerprint density at radius 1 is 1.00 bits per heavy atom. The first-order valence-corrected chi connectivity index (χ1v) is 6.75. The summed E-state index contributed by atoms with van der Waals surface area (Å²) < 4.78 is 2.21. The van der Waals surface area contributed by atoms with Crippen molar-refractivity contribution in [3.8, 4) is 0 Å². The molecule has 96 valence electrons. The normalized spacial score (nSPS) is 10.8. The average molecular weight is 242 g/mol. The van der Waals surface area contributed by atoms with Crippen LogP contribution in [0.1, 0.15) is 30.5 Å². The van der Waals surface area contributed by atoms with Gasteiger partial charge in [-0.1, -0.05) is 31.2 Å². The van der Waals surface area contributed by atoms with Gasteiger partial charge in [0.25, 0.3) is 0 Å². The molecule has 1 aromatic heterocycles. The van der Waals surface area contributed by atoms with Crippen molar-refractivity contribution in [2.45, 2.75) is 39.9 Å². The number of benzene rings is 1. The molecule has 2 heteroatoms. The summed E-state index contributed by atoms with van der Waals surface area (Å²) in [6.45, 7) is 7.29. The van der Waals surface area contributed by atoms with Gasteiger partial charge in [0.15, 0.2) is 0 Å². The molecule has 1 N–H and O–H groups in total. The Kier molecular flexibility index (Phi) is 4.59. The number of hydrogen-bond donors (Lipinski definition) is 1. The molecule has 0 saturated heterocycles. The van der Waals surface area contributed by atoms with Gasteiger partial charge in [-0.25, -0.2) is 0 Å². The van der Waals surface area contributed by atoms with Crippen LogP contribution in [-0.2, 0) is 26.1 Å². The molecule has 0 unspecified atom stereocenters. The van der Waals surface area contributed by atoms with Gasteiger partial charge in [-0.05, 0) is 36.1 Å². The highest BCUT2D eigenvalue weighted by molar-refractivity contribution is 5.26. The van der Waals surface area contributed by atoms with E-state index in [9.17, 15) is 0 Å². The maximum absolute atomic E-state index is 3.52. The summed E-state index contributed by atoms with van der Waals surface area (Å²) in [5.74, 6) is 0. The minimum atomic E-state index is 0.936. The number of rotatable bonds is 6. The topological polar surface area (TPSA) is 17.0 Å². The number of nitrogens with one attached hydrogen (secondary N) is 1. The summed E-state index contributed by atoms with van der Waals surface area (Å²) in [6, 6.07) is 10.8. The summed E-state index contributed by atoms with van der Waals surface area (Å²) in [6.07, 6.45) is 5.44. The number of aromatic nitrogens is 1. The van der Waals surface area contributed by atoms with E-state index < -0.39 is 0 Å². The SMILES string of the molecule is CCc1ccccc1CNCc1ccn(CC)c1. The molecule has 1 aromatic carbocycles. The summed E-state index contributed by atoms with van der Waals surface area (Å²) in [4.78, 5) is 0. The van der Waals surface area contributed by atoms with E-state index >= 15 is 0 Å². The van der Waals surface area contributed by atoms with E-state index in [0.29, 0.717) is 0 Å². The van der Waals surface area contributed by atoms with Gasteiger partial charge in [-0.3, -0.25) is 0 Å². The predicted octanol–water partition coefficient (Wildman–Crippen LogP) is 3.36. The van der Waals surface area contributed by atoms with E-state index in [2.05, 4.69) is 66.5 Å². The molecular weight excluding hydrogens is 220 g/mol. The van der Waals surface area contributed by atoms with Crippen LogP contribution >= 0.6 is 0 Å². The molecule has 0 atom stereocenters. The third-order valence-corrected chi connectivity index (χ3v) is 3.32.